The summed E-state index contributed by atoms with van der Waals surface area (Å²) in [7, 11) is 1.43. The third-order valence-electron chi connectivity index (χ3n) is 6.15. The molecule has 0 saturated heterocycles. The number of anilines is 2. The molecule has 0 bridgehead atoms. The van der Waals surface area contributed by atoms with Gasteiger partial charge in [-0.15, -0.1) is 11.3 Å². The van der Waals surface area contributed by atoms with Gasteiger partial charge in [-0.25, -0.2) is 4.79 Å². The highest BCUT2D eigenvalue weighted by atomic mass is 79.9. The lowest BCUT2D eigenvalue weighted by atomic mass is 9.96. The van der Waals surface area contributed by atoms with E-state index in [1.165, 1.54) is 30.4 Å². The fourth-order valence-corrected chi connectivity index (χ4v) is 6.18. The zero-order valence-electron chi connectivity index (χ0n) is 19.7. The topological polar surface area (TPSA) is 68.2 Å². The Balaban J connectivity index is 1.54. The van der Waals surface area contributed by atoms with Crippen molar-refractivity contribution in [3.05, 3.63) is 61.7 Å². The Morgan fingerprint density at radius 2 is 1.85 bits per heavy atom. The van der Waals surface area contributed by atoms with E-state index in [9.17, 15) is 4.79 Å². The van der Waals surface area contributed by atoms with Crippen molar-refractivity contribution in [2.24, 2.45) is 0 Å². The number of aromatic nitrogens is 2. The lowest BCUT2D eigenvalue weighted by molar-refractivity contribution is 0.0601. The molecule has 2 aromatic heterocycles. The number of halogens is 1. The molecule has 0 unspecified atom stereocenters. The number of rotatable bonds is 5. The Morgan fingerprint density at radius 3 is 2.56 bits per heavy atom. The number of methoxy groups -OCH3 is 1. The van der Waals surface area contributed by atoms with E-state index in [1.54, 1.807) is 11.3 Å². The third-order valence-corrected chi connectivity index (χ3v) is 8.09. The average molecular weight is 562 g/mol. The number of benzene rings is 1. The minimum Gasteiger partial charge on any atom is -0.465 e. The van der Waals surface area contributed by atoms with Crippen molar-refractivity contribution >= 4 is 61.3 Å². The second-order valence-electron chi connectivity index (χ2n) is 8.52. The van der Waals surface area contributed by atoms with Crippen LogP contribution < -0.4 is 10.6 Å². The van der Waals surface area contributed by atoms with Gasteiger partial charge in [-0.1, -0.05) is 40.9 Å². The molecule has 2 N–H and O–H groups in total. The first-order valence-electron chi connectivity index (χ1n) is 11.5. The Bertz CT molecular complexity index is 1200. The van der Waals surface area contributed by atoms with Crippen LogP contribution in [-0.2, 0) is 24.1 Å². The van der Waals surface area contributed by atoms with Gasteiger partial charge in [0.15, 0.2) is 5.11 Å². The first-order valence-corrected chi connectivity index (χ1v) is 13.5. The number of esters is 1. The highest BCUT2D eigenvalue weighted by Gasteiger charge is 2.25. The number of nitrogens with zero attached hydrogens (tertiary/aromatic N) is 2. The maximum absolute atomic E-state index is 12.7. The van der Waals surface area contributed by atoms with E-state index in [1.807, 2.05) is 30.7 Å². The van der Waals surface area contributed by atoms with Crippen molar-refractivity contribution in [3.63, 3.8) is 0 Å². The van der Waals surface area contributed by atoms with Crippen LogP contribution >= 0.6 is 39.5 Å². The van der Waals surface area contributed by atoms with Crippen LogP contribution in [0.5, 0.6) is 0 Å². The van der Waals surface area contributed by atoms with Gasteiger partial charge < -0.3 is 15.4 Å². The molecule has 3 aromatic rings. The summed E-state index contributed by atoms with van der Waals surface area (Å²) in [6, 6.07) is 8.22. The molecule has 1 aliphatic rings. The van der Waals surface area contributed by atoms with Crippen molar-refractivity contribution in [1.29, 1.82) is 0 Å². The van der Waals surface area contributed by atoms with Crippen LogP contribution in [0.25, 0.3) is 0 Å². The van der Waals surface area contributed by atoms with Crippen LogP contribution in [0.1, 0.15) is 63.4 Å². The lowest BCUT2D eigenvalue weighted by Crippen LogP contribution is -2.21. The van der Waals surface area contributed by atoms with Gasteiger partial charge in [0.25, 0.3) is 0 Å². The molecule has 0 aliphatic heterocycles. The number of fused-ring (bicyclic) bond motifs is 1. The number of aryl methyl sites for hydroxylation is 2. The number of hydrogen-bond donors (Lipinski definition) is 2. The van der Waals surface area contributed by atoms with E-state index >= 15 is 0 Å². The van der Waals surface area contributed by atoms with E-state index in [0.29, 0.717) is 17.2 Å². The summed E-state index contributed by atoms with van der Waals surface area (Å²) in [6.45, 7) is 4.67. The molecule has 180 valence electrons. The van der Waals surface area contributed by atoms with Crippen LogP contribution in [0, 0.1) is 13.8 Å². The Kier molecular flexibility index (Phi) is 8.06. The van der Waals surface area contributed by atoms with Crippen molar-refractivity contribution in [2.45, 2.75) is 58.9 Å². The first-order chi connectivity index (χ1) is 16.4. The van der Waals surface area contributed by atoms with E-state index in [0.717, 1.165) is 57.8 Å². The van der Waals surface area contributed by atoms with Crippen molar-refractivity contribution in [2.75, 3.05) is 17.7 Å². The largest absolute Gasteiger partial charge is 0.465 e. The molecule has 0 fully saturated rings. The zero-order chi connectivity index (χ0) is 24.2. The molecule has 9 heteroatoms. The standard InChI is InChI=1S/C25H29BrN4O2S2/c1-15-22(16(2)30(29-15)14-17-10-12-18(26)13-11-17)27-25(33)28-23-21(24(31)32-3)19-8-6-4-5-7-9-20(19)34-23/h10-13H,4-9,14H2,1-3H3,(H2,27,28,33). The van der Waals surface area contributed by atoms with Gasteiger partial charge in [0.2, 0.25) is 0 Å². The number of thiocarbonyl (C=S) groups is 1. The summed E-state index contributed by atoms with van der Waals surface area (Å²) in [4.78, 5) is 13.9. The fourth-order valence-electron chi connectivity index (χ4n) is 4.37. The second kappa shape index (κ2) is 11.0. The molecule has 1 aromatic carbocycles. The zero-order valence-corrected chi connectivity index (χ0v) is 22.9. The summed E-state index contributed by atoms with van der Waals surface area (Å²) in [5, 5.41) is 12.5. The van der Waals surface area contributed by atoms with Gasteiger partial charge in [0.05, 0.1) is 36.3 Å². The Labute approximate surface area is 218 Å². The number of thiophene rings is 1. The molecule has 2 heterocycles. The number of carbonyl (C=O) groups is 1. The predicted octanol–water partition coefficient (Wildman–Crippen LogP) is 6.63. The van der Waals surface area contributed by atoms with Gasteiger partial charge in [-0.05, 0) is 75.0 Å². The molecule has 0 amide bonds. The molecule has 0 spiro atoms. The number of carbonyl (C=O) groups excluding carboxylic acids is 1. The summed E-state index contributed by atoms with van der Waals surface area (Å²) in [5.41, 5.74) is 5.66. The molecule has 1 aliphatic carbocycles. The minimum atomic E-state index is -0.307. The van der Waals surface area contributed by atoms with E-state index in [-0.39, 0.29) is 5.97 Å². The molecule has 6 nitrogen and oxygen atoms in total. The highest BCUT2D eigenvalue weighted by Crippen LogP contribution is 2.37. The monoisotopic (exact) mass is 560 g/mol. The van der Waals surface area contributed by atoms with Crippen molar-refractivity contribution in [1.82, 2.24) is 9.78 Å². The maximum Gasteiger partial charge on any atom is 0.341 e. The summed E-state index contributed by atoms with van der Waals surface area (Å²) in [5.74, 6) is -0.307. The van der Waals surface area contributed by atoms with Gasteiger partial charge in [0.1, 0.15) is 5.00 Å². The van der Waals surface area contributed by atoms with Crippen LogP contribution in [0.2, 0.25) is 0 Å². The minimum absolute atomic E-state index is 0.307. The van der Waals surface area contributed by atoms with Crippen LogP contribution in [0.15, 0.2) is 28.7 Å². The van der Waals surface area contributed by atoms with Crippen LogP contribution in [-0.4, -0.2) is 28.0 Å². The highest BCUT2D eigenvalue weighted by molar-refractivity contribution is 9.10. The smallest absolute Gasteiger partial charge is 0.341 e. The van der Waals surface area contributed by atoms with Gasteiger partial charge in [-0.3, -0.25) is 4.68 Å². The molecular formula is C25H29BrN4O2S2. The molecule has 34 heavy (non-hydrogen) atoms. The van der Waals surface area contributed by atoms with Crippen LogP contribution in [0.4, 0.5) is 10.7 Å². The number of hydrogen-bond acceptors (Lipinski definition) is 5. The average Bonchev–Trinajstić information content (AvgIpc) is 3.25. The van der Waals surface area contributed by atoms with Gasteiger partial charge in [-0.2, -0.15) is 5.10 Å². The van der Waals surface area contributed by atoms with E-state index in [2.05, 4.69) is 38.7 Å². The van der Waals surface area contributed by atoms with Gasteiger partial charge >= 0.3 is 5.97 Å². The quantitative estimate of drug-likeness (QED) is 0.269. The Morgan fingerprint density at radius 1 is 1.15 bits per heavy atom. The maximum atomic E-state index is 12.7. The molecule has 0 saturated carbocycles. The van der Waals surface area contributed by atoms with E-state index < -0.39 is 0 Å². The number of ether oxygens (including phenoxy) is 1. The summed E-state index contributed by atoms with van der Waals surface area (Å²) >= 11 is 10.8. The van der Waals surface area contributed by atoms with Gasteiger partial charge in [0, 0.05) is 9.35 Å². The van der Waals surface area contributed by atoms with Crippen molar-refractivity contribution < 1.29 is 9.53 Å². The van der Waals surface area contributed by atoms with Crippen LogP contribution in [0.3, 0.4) is 0 Å². The third kappa shape index (κ3) is 5.53. The van der Waals surface area contributed by atoms with Crippen molar-refractivity contribution in [3.8, 4) is 0 Å². The summed E-state index contributed by atoms with van der Waals surface area (Å²) in [6.07, 6.45) is 6.56. The van der Waals surface area contributed by atoms with E-state index in [4.69, 9.17) is 22.1 Å². The number of nitrogens with one attached hydrogen (secondary N) is 2. The molecular weight excluding hydrogens is 532 g/mol. The molecule has 0 atom stereocenters. The molecule has 0 radical (unpaired) electrons. The normalized spacial score (nSPS) is 13.5. The summed E-state index contributed by atoms with van der Waals surface area (Å²) < 4.78 is 8.15. The second-order valence-corrected chi connectivity index (χ2v) is 11.0. The predicted molar refractivity (Wildman–Crippen MR) is 146 cm³/mol. The SMILES string of the molecule is COC(=O)c1c(NC(=S)Nc2c(C)nn(Cc3ccc(Br)cc3)c2C)sc2c1CCCCCC2. The Hall–Kier alpha value is -2.23. The molecule has 4 rings (SSSR count). The first kappa shape index (κ1) is 24.9. The fraction of sp³-hybridized carbons (Fsp3) is 0.400. The lowest BCUT2D eigenvalue weighted by Gasteiger charge is -2.12.